The van der Waals surface area contributed by atoms with E-state index in [0.29, 0.717) is 10.4 Å². The van der Waals surface area contributed by atoms with Crippen molar-refractivity contribution in [2.45, 2.75) is 33.1 Å². The maximum Gasteiger partial charge on any atom is 0.137 e. The molecule has 0 radical (unpaired) electrons. The average molecular weight is 300 g/mol. The zero-order chi connectivity index (χ0) is 12.4. The van der Waals surface area contributed by atoms with Gasteiger partial charge in [-0.2, -0.15) is 0 Å². The Hall–Kier alpha value is -0.410. The van der Waals surface area contributed by atoms with Crippen molar-refractivity contribution in [1.82, 2.24) is 5.32 Å². The van der Waals surface area contributed by atoms with E-state index < -0.39 is 0 Å². The van der Waals surface area contributed by atoms with Crippen LogP contribution < -0.4 is 5.32 Å². The van der Waals surface area contributed by atoms with Gasteiger partial charge >= 0.3 is 0 Å². The summed E-state index contributed by atoms with van der Waals surface area (Å²) in [6, 6.07) is 1.62. The number of rotatable bonds is 2. The minimum atomic E-state index is -0.128. The zero-order valence-electron chi connectivity index (χ0n) is 10.4. The fourth-order valence-corrected chi connectivity index (χ4v) is 3.10. The summed E-state index contributed by atoms with van der Waals surface area (Å²) >= 11 is 3.40. The van der Waals surface area contributed by atoms with E-state index >= 15 is 0 Å². The third kappa shape index (κ3) is 2.89. The van der Waals surface area contributed by atoms with Crippen molar-refractivity contribution in [1.29, 1.82) is 0 Å². The summed E-state index contributed by atoms with van der Waals surface area (Å²) in [6.07, 6.45) is 3.38. The summed E-state index contributed by atoms with van der Waals surface area (Å²) in [6.45, 7) is 6.26. The highest BCUT2D eigenvalue weighted by Crippen LogP contribution is 2.30. The standard InChI is InChI=1S/C14H19BrFN/c1-9-7-13(16)14(15)12(10(9)2)8-11-3-5-17-6-4-11/h7,11,17H,3-6,8H2,1-2H3. The van der Waals surface area contributed by atoms with Crippen molar-refractivity contribution in [2.75, 3.05) is 13.1 Å². The van der Waals surface area contributed by atoms with Crippen molar-refractivity contribution >= 4 is 15.9 Å². The van der Waals surface area contributed by atoms with Gasteiger partial charge in [0.05, 0.1) is 4.47 Å². The number of nitrogens with one attached hydrogen (secondary N) is 1. The first kappa shape index (κ1) is 13.0. The molecule has 0 aliphatic carbocycles. The summed E-state index contributed by atoms with van der Waals surface area (Å²) < 4.78 is 14.4. The first-order valence-corrected chi connectivity index (χ1v) is 7.03. The number of aryl methyl sites for hydroxylation is 1. The molecule has 1 aliphatic heterocycles. The molecular weight excluding hydrogens is 281 g/mol. The minimum Gasteiger partial charge on any atom is -0.317 e. The molecule has 0 atom stereocenters. The van der Waals surface area contributed by atoms with E-state index in [1.54, 1.807) is 6.07 Å². The molecule has 2 rings (SSSR count). The normalized spacial score (nSPS) is 17.4. The molecule has 0 spiro atoms. The van der Waals surface area contributed by atoms with Gasteiger partial charge in [-0.15, -0.1) is 0 Å². The van der Waals surface area contributed by atoms with E-state index in [4.69, 9.17) is 0 Å². The highest BCUT2D eigenvalue weighted by Gasteiger charge is 2.18. The smallest absolute Gasteiger partial charge is 0.137 e. The lowest BCUT2D eigenvalue weighted by atomic mass is 9.88. The highest BCUT2D eigenvalue weighted by atomic mass is 79.9. The fourth-order valence-electron chi connectivity index (χ4n) is 2.53. The summed E-state index contributed by atoms with van der Waals surface area (Å²) in [7, 11) is 0. The van der Waals surface area contributed by atoms with Gasteiger partial charge in [-0.25, -0.2) is 4.39 Å². The van der Waals surface area contributed by atoms with Crippen LogP contribution in [0.25, 0.3) is 0 Å². The van der Waals surface area contributed by atoms with Crippen molar-refractivity contribution < 1.29 is 4.39 Å². The van der Waals surface area contributed by atoms with Crippen molar-refractivity contribution in [2.24, 2.45) is 5.92 Å². The number of piperidine rings is 1. The van der Waals surface area contributed by atoms with Crippen molar-refractivity contribution in [3.05, 3.63) is 33.0 Å². The predicted octanol–water partition coefficient (Wildman–Crippen LogP) is 3.75. The Morgan fingerprint density at radius 2 is 2.00 bits per heavy atom. The zero-order valence-corrected chi connectivity index (χ0v) is 12.0. The molecule has 0 saturated carbocycles. The predicted molar refractivity (Wildman–Crippen MR) is 72.9 cm³/mol. The van der Waals surface area contributed by atoms with Crippen LogP contribution in [0.3, 0.4) is 0 Å². The summed E-state index contributed by atoms with van der Waals surface area (Å²) in [5.74, 6) is 0.560. The average Bonchev–Trinajstić information content (AvgIpc) is 2.33. The molecule has 0 unspecified atom stereocenters. The SMILES string of the molecule is Cc1cc(F)c(Br)c(CC2CCNCC2)c1C. The van der Waals surface area contributed by atoms with Crippen LogP contribution in [0.15, 0.2) is 10.5 Å². The van der Waals surface area contributed by atoms with Crippen LogP contribution in [0, 0.1) is 25.6 Å². The Balaban J connectivity index is 2.24. The molecule has 1 aliphatic rings. The number of hydrogen-bond acceptors (Lipinski definition) is 1. The van der Waals surface area contributed by atoms with E-state index in [0.717, 1.165) is 30.6 Å². The van der Waals surface area contributed by atoms with Gasteiger partial charge in [0.1, 0.15) is 5.82 Å². The first-order valence-electron chi connectivity index (χ1n) is 6.24. The third-order valence-corrected chi connectivity index (χ3v) is 4.67. The van der Waals surface area contributed by atoms with Crippen LogP contribution in [0.1, 0.15) is 29.5 Å². The van der Waals surface area contributed by atoms with E-state index in [-0.39, 0.29) is 5.82 Å². The fraction of sp³-hybridized carbons (Fsp3) is 0.571. The van der Waals surface area contributed by atoms with Gasteiger partial charge in [-0.3, -0.25) is 0 Å². The van der Waals surface area contributed by atoms with E-state index in [2.05, 4.69) is 28.2 Å². The highest BCUT2D eigenvalue weighted by molar-refractivity contribution is 9.10. The van der Waals surface area contributed by atoms with Crippen LogP contribution in [0.2, 0.25) is 0 Å². The minimum absolute atomic E-state index is 0.128. The third-order valence-electron chi connectivity index (χ3n) is 3.81. The van der Waals surface area contributed by atoms with Gasteiger partial charge in [-0.1, -0.05) is 0 Å². The van der Waals surface area contributed by atoms with E-state index in [1.807, 2.05) is 6.92 Å². The second-order valence-corrected chi connectivity index (χ2v) is 5.78. The molecule has 0 bridgehead atoms. The molecule has 1 aromatic rings. The van der Waals surface area contributed by atoms with Crippen molar-refractivity contribution in [3.8, 4) is 0 Å². The maximum absolute atomic E-state index is 13.7. The monoisotopic (exact) mass is 299 g/mol. The number of hydrogen-bond donors (Lipinski definition) is 1. The molecule has 0 aromatic heterocycles. The Labute approximate surface area is 111 Å². The molecule has 1 saturated heterocycles. The van der Waals surface area contributed by atoms with Gasteiger partial charge in [0, 0.05) is 0 Å². The second kappa shape index (κ2) is 5.49. The molecule has 3 heteroatoms. The number of benzene rings is 1. The lowest BCUT2D eigenvalue weighted by Crippen LogP contribution is -2.29. The number of halogens is 2. The van der Waals surface area contributed by atoms with Crippen LogP contribution in [0.4, 0.5) is 4.39 Å². The van der Waals surface area contributed by atoms with Crippen LogP contribution in [-0.4, -0.2) is 13.1 Å². The lowest BCUT2D eigenvalue weighted by molar-refractivity contribution is 0.371. The lowest BCUT2D eigenvalue weighted by Gasteiger charge is -2.24. The summed E-state index contributed by atoms with van der Waals surface area (Å²) in [5.41, 5.74) is 3.45. The molecule has 1 aromatic carbocycles. The Kier molecular flexibility index (Phi) is 4.21. The van der Waals surface area contributed by atoms with Gasteiger partial charge in [0.25, 0.3) is 0 Å². The van der Waals surface area contributed by atoms with Gasteiger partial charge in [-0.05, 0) is 90.8 Å². The molecule has 0 amide bonds. The van der Waals surface area contributed by atoms with Crippen molar-refractivity contribution in [3.63, 3.8) is 0 Å². The van der Waals surface area contributed by atoms with Gasteiger partial charge < -0.3 is 5.32 Å². The molecule has 17 heavy (non-hydrogen) atoms. The molecule has 1 heterocycles. The quantitative estimate of drug-likeness (QED) is 0.877. The van der Waals surface area contributed by atoms with Gasteiger partial charge in [0.2, 0.25) is 0 Å². The largest absolute Gasteiger partial charge is 0.317 e. The Bertz CT molecular complexity index is 385. The molecule has 1 N–H and O–H groups in total. The van der Waals surface area contributed by atoms with E-state index in [9.17, 15) is 4.39 Å². The molecule has 94 valence electrons. The second-order valence-electron chi connectivity index (χ2n) is 4.99. The summed E-state index contributed by atoms with van der Waals surface area (Å²) in [5, 5.41) is 3.37. The molecule has 1 fully saturated rings. The molecule has 1 nitrogen and oxygen atoms in total. The van der Waals surface area contributed by atoms with Crippen LogP contribution in [0.5, 0.6) is 0 Å². The molecular formula is C14H19BrFN. The van der Waals surface area contributed by atoms with Crippen LogP contribution in [-0.2, 0) is 6.42 Å². The van der Waals surface area contributed by atoms with E-state index in [1.165, 1.54) is 18.4 Å². The van der Waals surface area contributed by atoms with Gasteiger partial charge in [0.15, 0.2) is 0 Å². The summed E-state index contributed by atoms with van der Waals surface area (Å²) in [4.78, 5) is 0. The van der Waals surface area contributed by atoms with Crippen LogP contribution >= 0.6 is 15.9 Å². The Morgan fingerprint density at radius 3 is 2.65 bits per heavy atom. The topological polar surface area (TPSA) is 12.0 Å². The first-order chi connectivity index (χ1) is 8.09. The Morgan fingerprint density at radius 1 is 1.35 bits per heavy atom. The maximum atomic E-state index is 13.7.